The number of carbonyl (C=O) groups excluding carboxylic acids is 1. The van der Waals surface area contributed by atoms with Gasteiger partial charge in [-0.15, -0.1) is 0 Å². The summed E-state index contributed by atoms with van der Waals surface area (Å²) < 4.78 is 5.05. The second kappa shape index (κ2) is 7.31. The van der Waals surface area contributed by atoms with Crippen LogP contribution in [0.3, 0.4) is 0 Å². The molecule has 2 aromatic heterocycles. The number of rotatable bonds is 3. The first-order valence-corrected chi connectivity index (χ1v) is 9.93. The zero-order valence-electron chi connectivity index (χ0n) is 15.5. The Bertz CT molecular complexity index is 938. The Morgan fingerprint density at radius 1 is 1.15 bits per heavy atom. The van der Waals surface area contributed by atoms with Gasteiger partial charge in [0, 0.05) is 37.1 Å². The van der Waals surface area contributed by atoms with E-state index < -0.39 is 0 Å². The summed E-state index contributed by atoms with van der Waals surface area (Å²) in [5, 5.41) is 4.54. The van der Waals surface area contributed by atoms with Gasteiger partial charge >= 0.3 is 0 Å². The summed E-state index contributed by atoms with van der Waals surface area (Å²) in [7, 11) is 0. The molecule has 6 nitrogen and oxygen atoms in total. The van der Waals surface area contributed by atoms with Crippen molar-refractivity contribution in [2.75, 3.05) is 13.1 Å². The molecule has 0 spiro atoms. The normalized spacial score (nSPS) is 15.3. The summed E-state index contributed by atoms with van der Waals surface area (Å²) in [5.74, 6) is 0.0974. The fourth-order valence-corrected chi connectivity index (χ4v) is 3.90. The third kappa shape index (κ3) is 3.43. The molecule has 0 radical (unpaired) electrons. The van der Waals surface area contributed by atoms with Crippen molar-refractivity contribution in [1.29, 1.82) is 0 Å². The van der Waals surface area contributed by atoms with Crippen LogP contribution in [0.15, 0.2) is 47.5 Å². The summed E-state index contributed by atoms with van der Waals surface area (Å²) >= 11 is 3.56. The molecule has 0 aliphatic carbocycles. The van der Waals surface area contributed by atoms with E-state index in [0.29, 0.717) is 6.04 Å². The molecule has 27 heavy (non-hydrogen) atoms. The Hall–Kier alpha value is -2.41. The highest BCUT2D eigenvalue weighted by molar-refractivity contribution is 9.10. The quantitative estimate of drug-likeness (QED) is 0.636. The zero-order chi connectivity index (χ0) is 19.0. The van der Waals surface area contributed by atoms with Crippen LogP contribution < -0.4 is 0 Å². The number of likely N-dealkylation sites (tertiary alicyclic amines) is 1. The van der Waals surface area contributed by atoms with Crippen molar-refractivity contribution in [1.82, 2.24) is 24.2 Å². The molecule has 0 unspecified atom stereocenters. The van der Waals surface area contributed by atoms with Gasteiger partial charge in [-0.3, -0.25) is 4.79 Å². The molecule has 1 fully saturated rings. The number of nitrogens with zero attached hydrogens (tertiary/aromatic N) is 5. The Balaban J connectivity index is 1.45. The predicted octanol–water partition coefficient (Wildman–Crippen LogP) is 3.93. The van der Waals surface area contributed by atoms with Crippen molar-refractivity contribution < 1.29 is 4.79 Å². The first kappa shape index (κ1) is 18.0. The number of aryl methyl sites for hydroxylation is 1. The van der Waals surface area contributed by atoms with E-state index >= 15 is 0 Å². The number of hydrogen-bond donors (Lipinski definition) is 0. The number of aromatic nitrogens is 4. The van der Waals surface area contributed by atoms with Gasteiger partial charge in [-0.2, -0.15) is 5.10 Å². The molecule has 0 saturated carbocycles. The topological polar surface area (TPSA) is 56.0 Å². The summed E-state index contributed by atoms with van der Waals surface area (Å²) in [6.45, 7) is 5.54. The fourth-order valence-electron chi connectivity index (χ4n) is 3.66. The maximum Gasteiger partial charge on any atom is 0.253 e. The summed E-state index contributed by atoms with van der Waals surface area (Å²) in [4.78, 5) is 18.9. The minimum atomic E-state index is 0.0974. The average molecular weight is 428 g/mol. The Kier molecular flexibility index (Phi) is 4.86. The number of hydrogen-bond acceptors (Lipinski definition) is 3. The van der Waals surface area contributed by atoms with Gasteiger partial charge in [0.1, 0.15) is 0 Å². The molecule has 1 amide bonds. The minimum Gasteiger partial charge on any atom is -0.338 e. The van der Waals surface area contributed by atoms with Crippen LogP contribution in [0.5, 0.6) is 0 Å². The van der Waals surface area contributed by atoms with Crippen molar-refractivity contribution in [3.05, 3.63) is 64.4 Å². The van der Waals surface area contributed by atoms with Crippen LogP contribution in [-0.2, 0) is 0 Å². The van der Waals surface area contributed by atoms with Crippen LogP contribution in [0.4, 0.5) is 0 Å². The lowest BCUT2D eigenvalue weighted by atomic mass is 10.0. The van der Waals surface area contributed by atoms with Gasteiger partial charge in [0.2, 0.25) is 0 Å². The molecular formula is C20H22BrN5O. The van der Waals surface area contributed by atoms with Gasteiger partial charge < -0.3 is 9.47 Å². The highest BCUT2D eigenvalue weighted by Crippen LogP contribution is 2.25. The first-order valence-electron chi connectivity index (χ1n) is 9.13. The van der Waals surface area contributed by atoms with Crippen LogP contribution in [0, 0.1) is 13.8 Å². The number of piperidine rings is 1. The molecule has 3 aromatic rings. The Morgan fingerprint density at radius 3 is 2.41 bits per heavy atom. The van der Waals surface area contributed by atoms with E-state index in [1.165, 1.54) is 0 Å². The lowest BCUT2D eigenvalue weighted by molar-refractivity contribution is 0.0694. The first-order chi connectivity index (χ1) is 13.0. The maximum absolute atomic E-state index is 12.8. The molecule has 0 N–H and O–H groups in total. The summed E-state index contributed by atoms with van der Waals surface area (Å²) in [6.07, 6.45) is 7.58. The SMILES string of the molecule is Cc1nn(-c2ccc(C(=O)N3CCC(n4ccnc4)CC3)cc2)c(C)c1Br. The highest BCUT2D eigenvalue weighted by atomic mass is 79.9. The molecule has 1 aliphatic heterocycles. The van der Waals surface area contributed by atoms with E-state index in [2.05, 4.69) is 30.6 Å². The van der Waals surface area contributed by atoms with Crippen molar-refractivity contribution in [3.63, 3.8) is 0 Å². The molecule has 1 saturated heterocycles. The zero-order valence-corrected chi connectivity index (χ0v) is 17.1. The van der Waals surface area contributed by atoms with Crippen LogP contribution in [0.2, 0.25) is 0 Å². The van der Waals surface area contributed by atoms with E-state index in [1.807, 2.05) is 60.2 Å². The Labute approximate surface area is 166 Å². The van der Waals surface area contributed by atoms with Crippen molar-refractivity contribution in [2.45, 2.75) is 32.7 Å². The smallest absolute Gasteiger partial charge is 0.253 e. The highest BCUT2D eigenvalue weighted by Gasteiger charge is 2.24. The second-order valence-corrected chi connectivity index (χ2v) is 7.77. The standard InChI is InChI=1S/C20H22BrN5O/c1-14-19(21)15(2)26(23-14)18-5-3-16(4-6-18)20(27)24-10-7-17(8-11-24)25-12-9-22-13-25/h3-6,9,12-13,17H,7-8,10-11H2,1-2H3. The van der Waals surface area contributed by atoms with E-state index in [4.69, 9.17) is 0 Å². The van der Waals surface area contributed by atoms with E-state index in [9.17, 15) is 4.79 Å². The maximum atomic E-state index is 12.8. The lowest BCUT2D eigenvalue weighted by Gasteiger charge is -2.32. The van der Waals surface area contributed by atoms with Gasteiger partial charge in [-0.25, -0.2) is 9.67 Å². The minimum absolute atomic E-state index is 0.0974. The molecular weight excluding hydrogens is 406 g/mol. The fraction of sp³-hybridized carbons (Fsp3) is 0.350. The Morgan fingerprint density at radius 2 is 1.85 bits per heavy atom. The third-order valence-electron chi connectivity index (χ3n) is 5.26. The van der Waals surface area contributed by atoms with E-state index in [1.54, 1.807) is 6.20 Å². The number of halogens is 1. The van der Waals surface area contributed by atoms with Crippen LogP contribution in [0.25, 0.3) is 5.69 Å². The molecule has 1 aliphatic rings. The average Bonchev–Trinajstić information content (AvgIpc) is 3.33. The van der Waals surface area contributed by atoms with Crippen LogP contribution in [0.1, 0.15) is 40.6 Å². The van der Waals surface area contributed by atoms with E-state index in [0.717, 1.165) is 53.0 Å². The summed E-state index contributed by atoms with van der Waals surface area (Å²) in [5.41, 5.74) is 3.68. The lowest BCUT2D eigenvalue weighted by Crippen LogP contribution is -2.38. The predicted molar refractivity (Wildman–Crippen MR) is 107 cm³/mol. The van der Waals surface area contributed by atoms with Gasteiger partial charge in [0.15, 0.2) is 0 Å². The molecule has 4 rings (SSSR count). The van der Waals surface area contributed by atoms with Gasteiger partial charge in [-0.05, 0) is 66.9 Å². The van der Waals surface area contributed by atoms with Crippen LogP contribution in [-0.4, -0.2) is 43.2 Å². The van der Waals surface area contributed by atoms with Crippen molar-refractivity contribution >= 4 is 21.8 Å². The molecule has 0 atom stereocenters. The molecule has 7 heteroatoms. The number of imidazole rings is 1. The number of carbonyl (C=O) groups is 1. The largest absolute Gasteiger partial charge is 0.338 e. The van der Waals surface area contributed by atoms with Crippen molar-refractivity contribution in [3.8, 4) is 5.69 Å². The number of amides is 1. The molecule has 0 bridgehead atoms. The van der Waals surface area contributed by atoms with Crippen LogP contribution >= 0.6 is 15.9 Å². The monoisotopic (exact) mass is 427 g/mol. The van der Waals surface area contributed by atoms with Crippen molar-refractivity contribution in [2.24, 2.45) is 0 Å². The second-order valence-electron chi connectivity index (χ2n) is 6.98. The van der Waals surface area contributed by atoms with E-state index in [-0.39, 0.29) is 5.91 Å². The molecule has 3 heterocycles. The van der Waals surface area contributed by atoms with Gasteiger partial charge in [-0.1, -0.05) is 0 Å². The summed E-state index contributed by atoms with van der Waals surface area (Å²) in [6, 6.07) is 8.13. The number of benzene rings is 1. The van der Waals surface area contributed by atoms with Gasteiger partial charge in [0.05, 0.1) is 27.9 Å². The van der Waals surface area contributed by atoms with Gasteiger partial charge in [0.25, 0.3) is 5.91 Å². The molecule has 1 aromatic carbocycles. The molecule has 140 valence electrons. The third-order valence-corrected chi connectivity index (χ3v) is 6.41.